The number of hydrogen-bond acceptors (Lipinski definition) is 3. The molecule has 1 aromatic heterocycles. The van der Waals surface area contributed by atoms with Gasteiger partial charge in [-0.1, -0.05) is 39.0 Å². The molecule has 21 heavy (non-hydrogen) atoms. The number of aliphatic hydroxyl groups is 1. The van der Waals surface area contributed by atoms with Gasteiger partial charge in [0.15, 0.2) is 0 Å². The van der Waals surface area contributed by atoms with Gasteiger partial charge >= 0.3 is 0 Å². The number of nitrogens with zero attached hydrogens (tertiary/aromatic N) is 1. The van der Waals surface area contributed by atoms with Crippen LogP contribution >= 0.6 is 0 Å². The molecular weight excluding hydrogens is 264 g/mol. The molecule has 0 aliphatic heterocycles. The highest BCUT2D eigenvalue weighted by Crippen LogP contribution is 2.22. The van der Waals surface area contributed by atoms with Crippen molar-refractivity contribution >= 4 is 11.7 Å². The van der Waals surface area contributed by atoms with E-state index in [-0.39, 0.29) is 17.9 Å². The number of hydrogen-bond donors (Lipinski definition) is 2. The van der Waals surface area contributed by atoms with Crippen molar-refractivity contribution < 1.29 is 9.90 Å². The summed E-state index contributed by atoms with van der Waals surface area (Å²) in [4.78, 5) is 16.3. The van der Waals surface area contributed by atoms with E-state index < -0.39 is 0 Å². The Balaban J connectivity index is 2.13. The molecule has 0 bridgehead atoms. The van der Waals surface area contributed by atoms with Crippen molar-refractivity contribution in [3.63, 3.8) is 0 Å². The van der Waals surface area contributed by atoms with Gasteiger partial charge in [0.1, 0.15) is 5.82 Å². The Kier molecular flexibility index (Phi) is 4.38. The Hall–Kier alpha value is -2.20. The normalized spacial score (nSPS) is 11.2. The highest BCUT2D eigenvalue weighted by atomic mass is 16.3. The van der Waals surface area contributed by atoms with E-state index >= 15 is 0 Å². The van der Waals surface area contributed by atoms with Crippen LogP contribution in [0.4, 0.5) is 5.82 Å². The average Bonchev–Trinajstić information content (AvgIpc) is 2.46. The number of aliphatic hydroxyl groups excluding tert-OH is 1. The van der Waals surface area contributed by atoms with Crippen LogP contribution in [-0.4, -0.2) is 16.0 Å². The minimum absolute atomic E-state index is 0.0615. The second-order valence-electron chi connectivity index (χ2n) is 5.95. The minimum Gasteiger partial charge on any atom is -0.390 e. The van der Waals surface area contributed by atoms with Crippen molar-refractivity contribution in [3.05, 3.63) is 59.3 Å². The summed E-state index contributed by atoms with van der Waals surface area (Å²) in [7, 11) is 0. The molecule has 4 heteroatoms. The molecule has 0 saturated heterocycles. The Morgan fingerprint density at radius 3 is 2.38 bits per heavy atom. The van der Waals surface area contributed by atoms with Gasteiger partial charge in [0, 0.05) is 5.56 Å². The van der Waals surface area contributed by atoms with Crippen molar-refractivity contribution in [2.24, 2.45) is 0 Å². The van der Waals surface area contributed by atoms with Gasteiger partial charge in [0.05, 0.1) is 12.3 Å². The molecule has 0 unspecified atom stereocenters. The standard InChI is InChI=1S/C17H20N2O2/c1-17(2,3)13-9-7-12(8-10-13)16(21)19-15-6-4-5-14(11-20)18-15/h4-10,20H,11H2,1-3H3,(H,18,19,21). The molecule has 0 saturated carbocycles. The van der Waals surface area contributed by atoms with Gasteiger partial charge in [-0.25, -0.2) is 4.98 Å². The quantitative estimate of drug-likeness (QED) is 0.910. The number of carbonyl (C=O) groups excluding carboxylic acids is 1. The molecule has 2 N–H and O–H groups in total. The molecule has 0 fully saturated rings. The fourth-order valence-corrected chi connectivity index (χ4v) is 1.95. The van der Waals surface area contributed by atoms with E-state index in [1.807, 2.05) is 24.3 Å². The molecule has 0 radical (unpaired) electrons. The zero-order valence-corrected chi connectivity index (χ0v) is 12.6. The van der Waals surface area contributed by atoms with E-state index in [0.717, 1.165) is 0 Å². The van der Waals surface area contributed by atoms with Crippen molar-refractivity contribution in [2.45, 2.75) is 32.8 Å². The third-order valence-corrected chi connectivity index (χ3v) is 3.22. The SMILES string of the molecule is CC(C)(C)c1ccc(C(=O)Nc2cccc(CO)n2)cc1. The summed E-state index contributed by atoms with van der Waals surface area (Å²) in [5, 5.41) is 11.8. The van der Waals surface area contributed by atoms with Gasteiger partial charge in [0.25, 0.3) is 5.91 Å². The molecule has 2 rings (SSSR count). The van der Waals surface area contributed by atoms with Gasteiger partial charge in [-0.3, -0.25) is 4.79 Å². The fourth-order valence-electron chi connectivity index (χ4n) is 1.95. The van der Waals surface area contributed by atoms with Crippen LogP contribution in [-0.2, 0) is 12.0 Å². The number of pyridine rings is 1. The highest BCUT2D eigenvalue weighted by Gasteiger charge is 2.14. The van der Waals surface area contributed by atoms with Crippen molar-refractivity contribution in [1.29, 1.82) is 0 Å². The average molecular weight is 284 g/mol. The summed E-state index contributed by atoms with van der Waals surface area (Å²) in [6, 6.07) is 12.7. The van der Waals surface area contributed by atoms with E-state index in [9.17, 15) is 4.79 Å². The Bertz CT molecular complexity index is 628. The summed E-state index contributed by atoms with van der Waals surface area (Å²) in [6.45, 7) is 6.25. The molecule has 0 aliphatic rings. The predicted molar refractivity (Wildman–Crippen MR) is 83.3 cm³/mol. The number of carbonyl (C=O) groups is 1. The second-order valence-corrected chi connectivity index (χ2v) is 5.95. The smallest absolute Gasteiger partial charge is 0.256 e. The molecule has 1 amide bonds. The van der Waals surface area contributed by atoms with Gasteiger partial charge in [-0.05, 0) is 35.2 Å². The number of rotatable bonds is 3. The van der Waals surface area contributed by atoms with Crippen LogP contribution in [0.2, 0.25) is 0 Å². The first kappa shape index (κ1) is 15.2. The highest BCUT2D eigenvalue weighted by molar-refractivity contribution is 6.03. The molecule has 0 atom stereocenters. The third kappa shape index (κ3) is 3.89. The zero-order valence-electron chi connectivity index (χ0n) is 12.6. The first-order chi connectivity index (χ1) is 9.90. The molecule has 1 aromatic carbocycles. The Morgan fingerprint density at radius 1 is 1.14 bits per heavy atom. The summed E-state index contributed by atoms with van der Waals surface area (Å²) in [5.41, 5.74) is 2.35. The predicted octanol–water partition coefficient (Wildman–Crippen LogP) is 3.12. The lowest BCUT2D eigenvalue weighted by Gasteiger charge is -2.19. The molecular formula is C17H20N2O2. The summed E-state index contributed by atoms with van der Waals surface area (Å²) in [5.74, 6) is 0.226. The molecule has 0 aliphatic carbocycles. The van der Waals surface area contributed by atoms with Crippen molar-refractivity contribution in [1.82, 2.24) is 4.98 Å². The van der Waals surface area contributed by atoms with Crippen LogP contribution in [0.1, 0.15) is 42.4 Å². The maximum absolute atomic E-state index is 12.2. The van der Waals surface area contributed by atoms with E-state index in [0.29, 0.717) is 17.1 Å². The lowest BCUT2D eigenvalue weighted by atomic mass is 9.87. The molecule has 2 aromatic rings. The van der Waals surface area contributed by atoms with Gasteiger partial charge in [-0.2, -0.15) is 0 Å². The Morgan fingerprint density at radius 2 is 1.81 bits per heavy atom. The number of anilines is 1. The number of benzene rings is 1. The summed E-state index contributed by atoms with van der Waals surface area (Å²) >= 11 is 0. The monoisotopic (exact) mass is 284 g/mol. The van der Waals surface area contributed by atoms with E-state index in [1.165, 1.54) is 5.56 Å². The molecule has 4 nitrogen and oxygen atoms in total. The maximum Gasteiger partial charge on any atom is 0.256 e. The lowest BCUT2D eigenvalue weighted by Crippen LogP contribution is -2.15. The van der Waals surface area contributed by atoms with Crippen LogP contribution in [0.15, 0.2) is 42.5 Å². The fraction of sp³-hybridized carbons (Fsp3) is 0.294. The summed E-state index contributed by atoms with van der Waals surface area (Å²) < 4.78 is 0. The van der Waals surface area contributed by atoms with Crippen LogP contribution in [0.3, 0.4) is 0 Å². The number of aromatic nitrogens is 1. The first-order valence-corrected chi connectivity index (χ1v) is 6.89. The van der Waals surface area contributed by atoms with Crippen LogP contribution in [0.25, 0.3) is 0 Å². The zero-order chi connectivity index (χ0) is 15.5. The van der Waals surface area contributed by atoms with Crippen LogP contribution < -0.4 is 5.32 Å². The van der Waals surface area contributed by atoms with Gasteiger partial charge in [-0.15, -0.1) is 0 Å². The first-order valence-electron chi connectivity index (χ1n) is 6.89. The molecule has 0 spiro atoms. The van der Waals surface area contributed by atoms with Crippen LogP contribution in [0, 0.1) is 0 Å². The largest absolute Gasteiger partial charge is 0.390 e. The molecule has 1 heterocycles. The van der Waals surface area contributed by atoms with Crippen LogP contribution in [0.5, 0.6) is 0 Å². The second kappa shape index (κ2) is 6.06. The minimum atomic E-state index is -0.210. The third-order valence-electron chi connectivity index (χ3n) is 3.22. The van der Waals surface area contributed by atoms with Gasteiger partial charge < -0.3 is 10.4 Å². The Labute approximate surface area is 124 Å². The van der Waals surface area contributed by atoms with E-state index in [1.54, 1.807) is 18.2 Å². The lowest BCUT2D eigenvalue weighted by molar-refractivity contribution is 0.102. The van der Waals surface area contributed by atoms with Crippen molar-refractivity contribution in [3.8, 4) is 0 Å². The number of amides is 1. The van der Waals surface area contributed by atoms with E-state index in [4.69, 9.17) is 5.11 Å². The van der Waals surface area contributed by atoms with Gasteiger partial charge in [0.2, 0.25) is 0 Å². The topological polar surface area (TPSA) is 62.2 Å². The van der Waals surface area contributed by atoms with E-state index in [2.05, 4.69) is 31.1 Å². The van der Waals surface area contributed by atoms with Crippen molar-refractivity contribution in [2.75, 3.05) is 5.32 Å². The number of nitrogens with one attached hydrogen (secondary N) is 1. The summed E-state index contributed by atoms with van der Waals surface area (Å²) in [6.07, 6.45) is 0. The maximum atomic E-state index is 12.2. The molecule has 110 valence electrons.